The first-order valence-electron chi connectivity index (χ1n) is 8.20. The molecule has 0 radical (unpaired) electrons. The number of pyridine rings is 1. The number of carbonyl (C=O) groups is 1. The lowest BCUT2D eigenvalue weighted by molar-refractivity contribution is 0.0169. The van der Waals surface area contributed by atoms with E-state index in [1.807, 2.05) is 28.8 Å². The molecule has 154 valence electrons. The molecule has 2 heterocycles. The number of hydrogen-bond donors (Lipinski definition) is 3. The number of aliphatic hydroxyl groups excluding tert-OH is 1. The van der Waals surface area contributed by atoms with Crippen molar-refractivity contribution in [1.82, 2.24) is 15.0 Å². The highest BCUT2D eigenvalue weighted by Crippen LogP contribution is 2.32. The molecular formula is C17H16FIN4O4S2. The third-order valence-electron chi connectivity index (χ3n) is 3.86. The summed E-state index contributed by atoms with van der Waals surface area (Å²) in [6.07, 6.45) is 1.81. The molecule has 3 N–H and O–H groups in total. The molecule has 29 heavy (non-hydrogen) atoms. The van der Waals surface area contributed by atoms with Gasteiger partial charge in [0, 0.05) is 10.6 Å². The predicted octanol–water partition coefficient (Wildman–Crippen LogP) is 2.86. The smallest absolute Gasteiger partial charge is 0.280 e. The second kappa shape index (κ2) is 9.38. The highest BCUT2D eigenvalue weighted by molar-refractivity contribution is 14.1. The van der Waals surface area contributed by atoms with Crippen LogP contribution in [0, 0.1) is 9.39 Å². The molecule has 0 aliphatic carbocycles. The number of aromatic nitrogens is 2. The quantitative estimate of drug-likeness (QED) is 0.180. The zero-order valence-corrected chi connectivity index (χ0v) is 19.1. The van der Waals surface area contributed by atoms with Gasteiger partial charge < -0.3 is 10.4 Å². The highest BCUT2D eigenvalue weighted by atomic mass is 127. The summed E-state index contributed by atoms with van der Waals surface area (Å²) in [4.78, 5) is 35.0. The average molecular weight is 550 g/mol. The number of carbonyl (C=O) groups excluding carboxylic acids is 1. The zero-order chi connectivity index (χ0) is 21.1. The molecule has 3 rings (SSSR count). The Hall–Kier alpha value is -1.74. The van der Waals surface area contributed by atoms with E-state index >= 15 is 0 Å². The fourth-order valence-electron chi connectivity index (χ4n) is 2.53. The topological polar surface area (TPSA) is 105 Å². The van der Waals surface area contributed by atoms with Gasteiger partial charge in [-0.25, -0.2) is 14.9 Å². The average Bonchev–Trinajstić information content (AvgIpc) is 3.12. The Labute approximate surface area is 186 Å². The number of rotatable bonds is 7. The van der Waals surface area contributed by atoms with Crippen molar-refractivity contribution in [2.75, 3.05) is 24.8 Å². The number of hydroxylamine groups is 1. The number of benzene rings is 1. The Kier molecular flexibility index (Phi) is 7.10. The van der Waals surface area contributed by atoms with Gasteiger partial charge in [-0.3, -0.25) is 19.0 Å². The van der Waals surface area contributed by atoms with Gasteiger partial charge in [-0.2, -0.15) is 0 Å². The molecule has 0 spiro atoms. The Morgan fingerprint density at radius 2 is 2.24 bits per heavy atom. The van der Waals surface area contributed by atoms with Gasteiger partial charge in [-0.1, -0.05) is 11.8 Å². The third kappa shape index (κ3) is 4.55. The normalized spacial score (nSPS) is 11.1. The van der Waals surface area contributed by atoms with E-state index in [1.165, 1.54) is 46.8 Å². The number of nitrogens with one attached hydrogen (secondary N) is 2. The monoisotopic (exact) mass is 550 g/mol. The van der Waals surface area contributed by atoms with Crippen LogP contribution in [-0.4, -0.2) is 40.0 Å². The summed E-state index contributed by atoms with van der Waals surface area (Å²) in [5, 5.41) is 11.7. The van der Waals surface area contributed by atoms with Crippen LogP contribution in [0.25, 0.3) is 10.2 Å². The van der Waals surface area contributed by atoms with Crippen molar-refractivity contribution < 1.29 is 19.1 Å². The molecule has 0 aliphatic rings. The van der Waals surface area contributed by atoms with Gasteiger partial charge in [0.2, 0.25) is 0 Å². The first kappa shape index (κ1) is 22.0. The Morgan fingerprint density at radius 1 is 1.48 bits per heavy atom. The van der Waals surface area contributed by atoms with Crippen LogP contribution in [0.1, 0.15) is 10.4 Å². The number of hydrogen-bond acceptors (Lipinski definition) is 8. The summed E-state index contributed by atoms with van der Waals surface area (Å²) in [5.41, 5.74) is 2.20. The van der Waals surface area contributed by atoms with Gasteiger partial charge in [0.25, 0.3) is 11.5 Å². The number of thioether (sulfide) groups is 1. The molecule has 1 amide bonds. The lowest BCUT2D eigenvalue weighted by Gasteiger charge is -2.17. The fourth-order valence-corrected chi connectivity index (χ4v) is 4.53. The molecule has 0 unspecified atom stereocenters. The Bertz CT molecular complexity index is 1130. The molecule has 0 atom stereocenters. The number of aliphatic hydroxyl groups is 1. The number of halogens is 2. The number of anilines is 2. The summed E-state index contributed by atoms with van der Waals surface area (Å²) < 4.78 is 17.3. The van der Waals surface area contributed by atoms with E-state index in [1.54, 1.807) is 6.07 Å². The van der Waals surface area contributed by atoms with Crippen LogP contribution < -0.4 is 16.4 Å². The summed E-state index contributed by atoms with van der Waals surface area (Å²) in [6, 6.07) is 4.55. The van der Waals surface area contributed by atoms with E-state index in [0.717, 1.165) is 0 Å². The van der Waals surface area contributed by atoms with Gasteiger partial charge in [0.05, 0.1) is 18.9 Å². The number of nitrogens with zero attached hydrogens (tertiary/aromatic N) is 2. The third-order valence-corrected chi connectivity index (χ3v) is 6.56. The minimum atomic E-state index is -0.676. The summed E-state index contributed by atoms with van der Waals surface area (Å²) in [6.45, 7) is -0.391. The largest absolute Gasteiger partial charge is 0.394 e. The van der Waals surface area contributed by atoms with Gasteiger partial charge in [0.15, 0.2) is 4.34 Å². The van der Waals surface area contributed by atoms with E-state index in [-0.39, 0.29) is 41.4 Å². The molecular weight excluding hydrogens is 534 g/mol. The van der Waals surface area contributed by atoms with Gasteiger partial charge in [-0.05, 0) is 47.0 Å². The maximum absolute atomic E-state index is 14.4. The maximum Gasteiger partial charge on any atom is 0.280 e. The molecule has 0 saturated carbocycles. The SMILES string of the molecule is CSc1nc2c(C(=O)NOCCO)c(Nc3ccc(I)cc3F)n(C)c(=O)c2s1. The number of fused-ring (bicyclic) bond motifs is 1. The van der Waals surface area contributed by atoms with E-state index < -0.39 is 11.7 Å². The summed E-state index contributed by atoms with van der Waals surface area (Å²) in [5.74, 6) is -1.13. The van der Waals surface area contributed by atoms with Crippen LogP contribution in [0.4, 0.5) is 15.9 Å². The molecule has 0 bridgehead atoms. The highest BCUT2D eigenvalue weighted by Gasteiger charge is 2.25. The van der Waals surface area contributed by atoms with E-state index in [4.69, 9.17) is 9.94 Å². The minimum absolute atomic E-state index is 0.0366. The maximum atomic E-state index is 14.4. The summed E-state index contributed by atoms with van der Waals surface area (Å²) >= 11 is 4.50. The number of amides is 1. The van der Waals surface area contributed by atoms with Crippen molar-refractivity contribution in [2.24, 2.45) is 7.05 Å². The van der Waals surface area contributed by atoms with Crippen molar-refractivity contribution in [3.63, 3.8) is 0 Å². The lowest BCUT2D eigenvalue weighted by atomic mass is 10.2. The predicted molar refractivity (Wildman–Crippen MR) is 120 cm³/mol. The van der Waals surface area contributed by atoms with Crippen LogP contribution in [0.5, 0.6) is 0 Å². The van der Waals surface area contributed by atoms with Crippen molar-refractivity contribution in [3.05, 3.63) is 43.5 Å². The first-order chi connectivity index (χ1) is 13.9. The van der Waals surface area contributed by atoms with Crippen LogP contribution in [0.15, 0.2) is 27.3 Å². The molecule has 0 saturated heterocycles. The molecule has 12 heteroatoms. The van der Waals surface area contributed by atoms with Crippen molar-refractivity contribution in [1.29, 1.82) is 0 Å². The Morgan fingerprint density at radius 3 is 2.90 bits per heavy atom. The lowest BCUT2D eigenvalue weighted by Crippen LogP contribution is -2.30. The minimum Gasteiger partial charge on any atom is -0.394 e. The van der Waals surface area contributed by atoms with Gasteiger partial charge in [-0.15, -0.1) is 11.3 Å². The molecule has 0 fully saturated rings. The molecule has 1 aromatic carbocycles. The molecule has 2 aromatic heterocycles. The van der Waals surface area contributed by atoms with Crippen LogP contribution >= 0.6 is 45.7 Å². The second-order valence-corrected chi connectivity index (χ2v) is 9.00. The van der Waals surface area contributed by atoms with E-state index in [0.29, 0.717) is 12.6 Å². The van der Waals surface area contributed by atoms with Crippen molar-refractivity contribution in [3.8, 4) is 0 Å². The van der Waals surface area contributed by atoms with Gasteiger partial charge in [0.1, 0.15) is 27.4 Å². The zero-order valence-electron chi connectivity index (χ0n) is 15.3. The molecule has 0 aliphatic heterocycles. The summed E-state index contributed by atoms with van der Waals surface area (Å²) in [7, 11) is 1.48. The fraction of sp³-hybridized carbons (Fsp3) is 0.235. The van der Waals surface area contributed by atoms with Crippen molar-refractivity contribution >= 4 is 73.3 Å². The second-order valence-electron chi connectivity index (χ2n) is 5.70. The van der Waals surface area contributed by atoms with E-state index in [9.17, 15) is 14.0 Å². The first-order valence-corrected chi connectivity index (χ1v) is 11.3. The molecule has 3 aromatic rings. The van der Waals surface area contributed by atoms with Crippen LogP contribution in [-0.2, 0) is 11.9 Å². The van der Waals surface area contributed by atoms with Crippen molar-refractivity contribution in [2.45, 2.75) is 4.34 Å². The van der Waals surface area contributed by atoms with Crippen LogP contribution in [0.3, 0.4) is 0 Å². The van der Waals surface area contributed by atoms with E-state index in [2.05, 4.69) is 15.8 Å². The van der Waals surface area contributed by atoms with Gasteiger partial charge >= 0.3 is 0 Å². The number of thiazole rings is 1. The molecule has 8 nitrogen and oxygen atoms in total. The van der Waals surface area contributed by atoms with Crippen LogP contribution in [0.2, 0.25) is 0 Å². The Balaban J connectivity index is 2.20. The standard InChI is InChI=1S/C17H16FIN4O4S2/c1-23-14(20-10-4-3-8(19)7-9(10)18)11(15(25)22-27-6-5-24)12-13(16(23)26)29-17(21-12)28-2/h3-4,7,20,24H,5-6H2,1-2H3,(H,22,25).